The molecule has 0 unspecified atom stereocenters. The molecule has 140 valence electrons. The number of hydrogen-bond acceptors (Lipinski definition) is 4. The fourth-order valence-electron chi connectivity index (χ4n) is 3.83. The Hall–Kier alpha value is -2.60. The third-order valence-electron chi connectivity index (χ3n) is 5.40. The van der Waals surface area contributed by atoms with Crippen molar-refractivity contribution in [2.45, 2.75) is 46.3 Å². The summed E-state index contributed by atoms with van der Waals surface area (Å²) in [4.78, 5) is 19.8. The van der Waals surface area contributed by atoms with Crippen molar-refractivity contribution in [3.8, 4) is 5.13 Å². The maximum atomic E-state index is 13.3. The number of thiazole rings is 1. The molecule has 0 saturated heterocycles. The fraction of sp³-hybridized carbons (Fsp3) is 0.333. The first-order valence-electron chi connectivity index (χ1n) is 9.29. The van der Waals surface area contributed by atoms with Crippen LogP contribution in [0.4, 0.5) is 5.69 Å². The highest BCUT2D eigenvalue weighted by atomic mass is 32.1. The van der Waals surface area contributed by atoms with Crippen molar-refractivity contribution in [3.05, 3.63) is 64.4 Å². The molecular weight excluding hydrogens is 356 g/mol. The van der Waals surface area contributed by atoms with E-state index in [-0.39, 0.29) is 18.1 Å². The summed E-state index contributed by atoms with van der Waals surface area (Å²) in [5.74, 6) is 0.0859. The third-order valence-corrected chi connectivity index (χ3v) is 6.16. The minimum atomic E-state index is -0.192. The summed E-state index contributed by atoms with van der Waals surface area (Å²) in [7, 11) is 0. The van der Waals surface area contributed by atoms with Gasteiger partial charge in [0.1, 0.15) is 6.17 Å². The monoisotopic (exact) mass is 380 g/mol. The van der Waals surface area contributed by atoms with E-state index in [2.05, 4.69) is 48.6 Å². The van der Waals surface area contributed by atoms with Crippen molar-refractivity contribution in [3.63, 3.8) is 0 Å². The molecule has 6 heteroatoms. The summed E-state index contributed by atoms with van der Waals surface area (Å²) in [6.07, 6.45) is 2.53. The van der Waals surface area contributed by atoms with E-state index in [1.54, 1.807) is 11.3 Å². The first-order chi connectivity index (χ1) is 13.0. The molecule has 27 heavy (non-hydrogen) atoms. The number of para-hydroxylation sites is 1. The molecule has 0 radical (unpaired) electrons. The lowest BCUT2D eigenvalue weighted by Gasteiger charge is -2.41. The third kappa shape index (κ3) is 2.84. The zero-order valence-corrected chi connectivity index (χ0v) is 16.9. The normalized spacial score (nSPS) is 17.6. The van der Waals surface area contributed by atoms with Crippen LogP contribution in [0.25, 0.3) is 5.13 Å². The number of rotatable bonds is 4. The van der Waals surface area contributed by atoms with Crippen molar-refractivity contribution in [2.24, 2.45) is 0 Å². The lowest BCUT2D eigenvalue weighted by Crippen LogP contribution is -2.47. The van der Waals surface area contributed by atoms with Gasteiger partial charge in [0.05, 0.1) is 5.56 Å². The predicted molar refractivity (Wildman–Crippen MR) is 110 cm³/mol. The lowest BCUT2D eigenvalue weighted by atomic mass is 10.0. The van der Waals surface area contributed by atoms with Gasteiger partial charge in [-0.3, -0.25) is 9.36 Å². The number of nitrogens with one attached hydrogen (secondary N) is 1. The van der Waals surface area contributed by atoms with Gasteiger partial charge in [0, 0.05) is 40.3 Å². The Morgan fingerprint density at radius 3 is 2.78 bits per heavy atom. The molecule has 1 aliphatic rings. The number of benzene rings is 1. The number of anilines is 1. The molecule has 3 aromatic rings. The highest BCUT2D eigenvalue weighted by Crippen LogP contribution is 2.37. The maximum absolute atomic E-state index is 13.3. The number of aromatic nitrogens is 2. The molecule has 3 heterocycles. The van der Waals surface area contributed by atoms with Gasteiger partial charge in [-0.2, -0.15) is 0 Å². The van der Waals surface area contributed by atoms with Crippen LogP contribution in [0.3, 0.4) is 0 Å². The number of carbonyl (C=O) groups excluding carboxylic acids is 1. The highest BCUT2D eigenvalue weighted by molar-refractivity contribution is 7.12. The Morgan fingerprint density at radius 2 is 2.07 bits per heavy atom. The van der Waals surface area contributed by atoms with Gasteiger partial charge in [-0.15, -0.1) is 11.3 Å². The molecule has 1 aromatic carbocycles. The van der Waals surface area contributed by atoms with E-state index in [4.69, 9.17) is 0 Å². The van der Waals surface area contributed by atoms with Gasteiger partial charge in [-0.1, -0.05) is 19.1 Å². The summed E-state index contributed by atoms with van der Waals surface area (Å²) in [6, 6.07) is 10.1. The SMILES string of the molecule is CC[C@@H](C)N1C(=O)c2ccccc2N[C@@H]1c1cc(C)n(-c2nccs2)c1C. The number of carbonyl (C=O) groups is 1. The van der Waals surface area contributed by atoms with Gasteiger partial charge >= 0.3 is 0 Å². The Balaban J connectivity index is 1.85. The largest absolute Gasteiger partial charge is 0.361 e. The van der Waals surface area contributed by atoms with Crippen LogP contribution in [0.15, 0.2) is 41.9 Å². The minimum absolute atomic E-state index is 0.0859. The molecule has 0 bridgehead atoms. The van der Waals surface area contributed by atoms with Gasteiger partial charge in [-0.25, -0.2) is 4.98 Å². The fourth-order valence-corrected chi connectivity index (χ4v) is 4.58. The average Bonchev–Trinajstić information content (AvgIpc) is 3.28. The van der Waals surface area contributed by atoms with Crippen LogP contribution in [-0.2, 0) is 0 Å². The molecule has 5 nitrogen and oxygen atoms in total. The zero-order valence-electron chi connectivity index (χ0n) is 16.1. The van der Waals surface area contributed by atoms with Crippen LogP contribution in [0.1, 0.15) is 53.7 Å². The minimum Gasteiger partial charge on any atom is -0.361 e. The topological polar surface area (TPSA) is 50.2 Å². The average molecular weight is 381 g/mol. The predicted octanol–water partition coefficient (Wildman–Crippen LogP) is 4.92. The number of aryl methyl sites for hydroxylation is 1. The lowest BCUT2D eigenvalue weighted by molar-refractivity contribution is 0.0593. The Morgan fingerprint density at radius 1 is 1.30 bits per heavy atom. The maximum Gasteiger partial charge on any atom is 0.258 e. The van der Waals surface area contributed by atoms with E-state index in [0.717, 1.165) is 39.8 Å². The second-order valence-corrected chi connectivity index (χ2v) is 7.91. The van der Waals surface area contributed by atoms with Gasteiger partial charge in [0.25, 0.3) is 5.91 Å². The van der Waals surface area contributed by atoms with Crippen molar-refractivity contribution >= 4 is 22.9 Å². The molecule has 4 rings (SSSR count). The van der Waals surface area contributed by atoms with Crippen molar-refractivity contribution in [2.75, 3.05) is 5.32 Å². The summed E-state index contributed by atoms with van der Waals surface area (Å²) in [5, 5.41) is 6.55. The number of nitrogens with zero attached hydrogens (tertiary/aromatic N) is 3. The van der Waals surface area contributed by atoms with Crippen molar-refractivity contribution in [1.29, 1.82) is 0 Å². The van der Waals surface area contributed by atoms with Crippen LogP contribution in [0.5, 0.6) is 0 Å². The number of fused-ring (bicyclic) bond motifs is 1. The van der Waals surface area contributed by atoms with E-state index in [1.807, 2.05) is 40.7 Å². The molecule has 1 N–H and O–H groups in total. The van der Waals surface area contributed by atoms with Crippen LogP contribution in [0.2, 0.25) is 0 Å². The molecule has 0 saturated carbocycles. The summed E-state index contributed by atoms with van der Waals surface area (Å²) in [6.45, 7) is 8.42. The first kappa shape index (κ1) is 17.8. The smallest absolute Gasteiger partial charge is 0.258 e. The van der Waals surface area contributed by atoms with Gasteiger partial charge in [-0.05, 0) is 45.4 Å². The van der Waals surface area contributed by atoms with E-state index >= 15 is 0 Å². The molecule has 2 aromatic heterocycles. The number of amides is 1. The highest BCUT2D eigenvalue weighted by Gasteiger charge is 2.37. The van der Waals surface area contributed by atoms with Gasteiger partial charge in [0.2, 0.25) is 0 Å². The molecule has 1 aliphatic heterocycles. The second kappa shape index (κ2) is 6.85. The summed E-state index contributed by atoms with van der Waals surface area (Å²) < 4.78 is 2.17. The molecular formula is C21H24N4OS. The van der Waals surface area contributed by atoms with E-state index < -0.39 is 0 Å². The summed E-state index contributed by atoms with van der Waals surface area (Å²) >= 11 is 1.62. The van der Waals surface area contributed by atoms with Gasteiger partial charge < -0.3 is 10.2 Å². The second-order valence-electron chi connectivity index (χ2n) is 7.04. The standard InChI is InChI=1S/C21H24N4OS/c1-5-13(2)25-19(23-18-9-7-6-8-16(18)20(25)26)17-12-14(3)24(15(17)4)21-22-10-11-27-21/h6-13,19,23H,5H2,1-4H3/t13-,19+/m1/s1. The quantitative estimate of drug-likeness (QED) is 0.699. The van der Waals surface area contributed by atoms with Crippen LogP contribution in [-0.4, -0.2) is 26.4 Å². The van der Waals surface area contributed by atoms with Crippen LogP contribution in [0, 0.1) is 13.8 Å². The molecule has 2 atom stereocenters. The Labute approximate surface area is 163 Å². The summed E-state index contributed by atoms with van der Waals surface area (Å²) in [5.41, 5.74) is 4.98. The van der Waals surface area contributed by atoms with E-state index in [0.29, 0.717) is 0 Å². The first-order valence-corrected chi connectivity index (χ1v) is 10.2. The van der Waals surface area contributed by atoms with Crippen molar-refractivity contribution in [1.82, 2.24) is 14.5 Å². The Kier molecular flexibility index (Phi) is 4.52. The van der Waals surface area contributed by atoms with Crippen LogP contribution < -0.4 is 5.32 Å². The molecule has 1 amide bonds. The van der Waals surface area contributed by atoms with Crippen molar-refractivity contribution < 1.29 is 4.79 Å². The van der Waals surface area contributed by atoms with Gasteiger partial charge in [0.15, 0.2) is 5.13 Å². The molecule has 0 fully saturated rings. The van der Waals surface area contributed by atoms with Crippen LogP contribution >= 0.6 is 11.3 Å². The molecule has 0 aliphatic carbocycles. The Bertz CT molecular complexity index is 976. The zero-order chi connectivity index (χ0) is 19.1. The number of hydrogen-bond donors (Lipinski definition) is 1. The molecule has 0 spiro atoms. The van der Waals surface area contributed by atoms with E-state index in [9.17, 15) is 4.79 Å². The van der Waals surface area contributed by atoms with E-state index in [1.165, 1.54) is 0 Å².